The van der Waals surface area contributed by atoms with Gasteiger partial charge in [0, 0.05) is 0 Å². The standard InChI is InChI=1S/C17H17NO5/c1-17(15(20)21,13-7-9-14(19)10-8-13)18-16(22)23-11-12-5-3-2-4-6-12/h2-10,19H,11H2,1H3,(H,18,22)(H,20,21). The number of carboxylic acids is 1. The number of aromatic hydroxyl groups is 1. The van der Waals surface area contributed by atoms with Crippen molar-refractivity contribution in [2.45, 2.75) is 19.1 Å². The number of carboxylic acid groups (broad SMARTS) is 1. The zero-order valence-electron chi connectivity index (χ0n) is 12.5. The molecular weight excluding hydrogens is 298 g/mol. The Morgan fingerprint density at radius 1 is 1.09 bits per heavy atom. The van der Waals surface area contributed by atoms with Crippen LogP contribution in [0.15, 0.2) is 54.6 Å². The molecule has 0 aliphatic heterocycles. The normalized spacial score (nSPS) is 12.9. The van der Waals surface area contributed by atoms with Crippen LogP contribution in [0.25, 0.3) is 0 Å². The first-order valence-corrected chi connectivity index (χ1v) is 6.93. The van der Waals surface area contributed by atoms with Crippen LogP contribution in [0.4, 0.5) is 4.79 Å². The summed E-state index contributed by atoms with van der Waals surface area (Å²) in [5, 5.41) is 21.1. The maximum Gasteiger partial charge on any atom is 0.408 e. The molecule has 1 atom stereocenters. The second kappa shape index (κ2) is 6.83. The molecule has 0 fully saturated rings. The number of alkyl carbamates (subject to hydrolysis) is 1. The number of phenols is 1. The monoisotopic (exact) mass is 315 g/mol. The minimum absolute atomic E-state index is 0.00754. The molecule has 6 nitrogen and oxygen atoms in total. The third-order valence-corrected chi connectivity index (χ3v) is 3.44. The number of hydrogen-bond acceptors (Lipinski definition) is 4. The quantitative estimate of drug-likeness (QED) is 0.788. The molecule has 0 aromatic heterocycles. The highest BCUT2D eigenvalue weighted by Gasteiger charge is 2.37. The Hall–Kier alpha value is -3.02. The minimum atomic E-state index is -1.67. The largest absolute Gasteiger partial charge is 0.508 e. The third kappa shape index (κ3) is 4.00. The summed E-state index contributed by atoms with van der Waals surface area (Å²) in [7, 11) is 0. The van der Waals surface area contributed by atoms with Gasteiger partial charge in [0.25, 0.3) is 0 Å². The SMILES string of the molecule is CC(NC(=O)OCc1ccccc1)(C(=O)O)c1ccc(O)cc1. The number of carbonyl (C=O) groups excluding carboxylic acids is 1. The van der Waals surface area contributed by atoms with Gasteiger partial charge >= 0.3 is 12.1 Å². The van der Waals surface area contributed by atoms with E-state index in [-0.39, 0.29) is 12.4 Å². The highest BCUT2D eigenvalue weighted by Crippen LogP contribution is 2.23. The molecule has 2 aromatic carbocycles. The molecule has 0 saturated carbocycles. The molecule has 1 unspecified atom stereocenters. The van der Waals surface area contributed by atoms with Crippen LogP contribution in [0.5, 0.6) is 5.75 Å². The molecule has 0 aliphatic carbocycles. The summed E-state index contributed by atoms with van der Waals surface area (Å²) in [6.07, 6.45) is -0.841. The lowest BCUT2D eigenvalue weighted by atomic mass is 9.92. The van der Waals surface area contributed by atoms with Crippen LogP contribution in [0.3, 0.4) is 0 Å². The number of ether oxygens (including phenoxy) is 1. The first-order chi connectivity index (χ1) is 10.9. The molecule has 0 bridgehead atoms. The predicted molar refractivity (Wildman–Crippen MR) is 82.9 cm³/mol. The number of benzene rings is 2. The second-order valence-electron chi connectivity index (χ2n) is 5.16. The zero-order chi connectivity index (χ0) is 16.9. The number of hydrogen-bond donors (Lipinski definition) is 3. The van der Waals surface area contributed by atoms with E-state index in [0.717, 1.165) is 5.56 Å². The Morgan fingerprint density at radius 2 is 1.70 bits per heavy atom. The van der Waals surface area contributed by atoms with Gasteiger partial charge in [-0.2, -0.15) is 0 Å². The van der Waals surface area contributed by atoms with E-state index in [1.807, 2.05) is 18.2 Å². The van der Waals surface area contributed by atoms with Crippen LogP contribution < -0.4 is 5.32 Å². The number of carbonyl (C=O) groups is 2. The molecule has 23 heavy (non-hydrogen) atoms. The fraction of sp³-hybridized carbons (Fsp3) is 0.176. The molecule has 2 aromatic rings. The van der Waals surface area contributed by atoms with Gasteiger partial charge in [0.15, 0.2) is 5.54 Å². The molecule has 120 valence electrons. The maximum absolute atomic E-state index is 11.9. The Balaban J connectivity index is 2.08. The van der Waals surface area contributed by atoms with Gasteiger partial charge in [-0.25, -0.2) is 9.59 Å². The fourth-order valence-electron chi connectivity index (χ4n) is 2.01. The zero-order valence-corrected chi connectivity index (χ0v) is 12.5. The predicted octanol–water partition coefficient (Wildman–Crippen LogP) is 2.62. The van der Waals surface area contributed by atoms with E-state index in [9.17, 15) is 19.8 Å². The van der Waals surface area contributed by atoms with Gasteiger partial charge in [-0.3, -0.25) is 0 Å². The highest BCUT2D eigenvalue weighted by atomic mass is 16.5. The van der Waals surface area contributed by atoms with Crippen molar-refractivity contribution >= 4 is 12.1 Å². The summed E-state index contributed by atoms with van der Waals surface area (Å²) >= 11 is 0. The fourth-order valence-corrected chi connectivity index (χ4v) is 2.01. The summed E-state index contributed by atoms with van der Waals surface area (Å²) in [5.41, 5.74) is -0.551. The summed E-state index contributed by atoms with van der Waals surface area (Å²) in [4.78, 5) is 23.5. The molecule has 1 amide bonds. The van der Waals surface area contributed by atoms with Crippen molar-refractivity contribution in [3.05, 3.63) is 65.7 Å². The summed E-state index contributed by atoms with van der Waals surface area (Å²) in [5.74, 6) is -1.23. The van der Waals surface area contributed by atoms with Gasteiger partial charge < -0.3 is 20.3 Å². The van der Waals surface area contributed by atoms with Crippen molar-refractivity contribution in [1.82, 2.24) is 5.32 Å². The molecule has 6 heteroatoms. The molecule has 0 aliphatic rings. The Labute approximate surface area is 133 Å². The van der Waals surface area contributed by atoms with E-state index in [0.29, 0.717) is 5.56 Å². The van der Waals surface area contributed by atoms with Crippen molar-refractivity contribution in [2.75, 3.05) is 0 Å². The van der Waals surface area contributed by atoms with Gasteiger partial charge in [0.1, 0.15) is 12.4 Å². The Morgan fingerprint density at radius 3 is 2.26 bits per heavy atom. The van der Waals surface area contributed by atoms with Crippen LogP contribution in [-0.2, 0) is 21.7 Å². The molecule has 0 spiro atoms. The van der Waals surface area contributed by atoms with E-state index >= 15 is 0 Å². The lowest BCUT2D eigenvalue weighted by Crippen LogP contribution is -2.49. The molecule has 0 saturated heterocycles. The third-order valence-electron chi connectivity index (χ3n) is 3.44. The van der Waals surface area contributed by atoms with Crippen molar-refractivity contribution in [3.8, 4) is 5.75 Å². The van der Waals surface area contributed by atoms with Gasteiger partial charge in [-0.15, -0.1) is 0 Å². The summed E-state index contributed by atoms with van der Waals surface area (Å²) in [6, 6.07) is 14.6. The maximum atomic E-state index is 11.9. The van der Waals surface area contributed by atoms with Gasteiger partial charge in [-0.05, 0) is 30.2 Å². The number of aliphatic carboxylic acids is 1. The number of amides is 1. The van der Waals surface area contributed by atoms with Gasteiger partial charge in [0.2, 0.25) is 0 Å². The van der Waals surface area contributed by atoms with Crippen molar-refractivity contribution in [2.24, 2.45) is 0 Å². The first-order valence-electron chi connectivity index (χ1n) is 6.93. The molecular formula is C17H17NO5. The average Bonchev–Trinajstić information content (AvgIpc) is 2.54. The number of phenolic OH excluding ortho intramolecular Hbond substituents is 1. The lowest BCUT2D eigenvalue weighted by Gasteiger charge is -2.26. The highest BCUT2D eigenvalue weighted by molar-refractivity contribution is 5.85. The molecule has 0 heterocycles. The minimum Gasteiger partial charge on any atom is -0.508 e. The van der Waals surface area contributed by atoms with Crippen LogP contribution in [0.1, 0.15) is 18.1 Å². The second-order valence-corrected chi connectivity index (χ2v) is 5.16. The average molecular weight is 315 g/mol. The number of rotatable bonds is 5. The van der Waals surface area contributed by atoms with Crippen LogP contribution >= 0.6 is 0 Å². The van der Waals surface area contributed by atoms with Crippen LogP contribution in [0, 0.1) is 0 Å². The van der Waals surface area contributed by atoms with E-state index in [1.54, 1.807) is 12.1 Å². The first kappa shape index (κ1) is 16.4. The lowest BCUT2D eigenvalue weighted by molar-refractivity contribution is -0.144. The van der Waals surface area contributed by atoms with Gasteiger partial charge in [0.05, 0.1) is 0 Å². The van der Waals surface area contributed by atoms with E-state index < -0.39 is 17.6 Å². The van der Waals surface area contributed by atoms with E-state index in [1.165, 1.54) is 31.2 Å². The van der Waals surface area contributed by atoms with Crippen molar-refractivity contribution in [1.29, 1.82) is 0 Å². The van der Waals surface area contributed by atoms with Crippen molar-refractivity contribution < 1.29 is 24.5 Å². The topological polar surface area (TPSA) is 95.9 Å². The van der Waals surface area contributed by atoms with Crippen LogP contribution in [-0.4, -0.2) is 22.3 Å². The van der Waals surface area contributed by atoms with E-state index in [4.69, 9.17) is 4.74 Å². The summed E-state index contributed by atoms with van der Waals surface area (Å²) in [6.45, 7) is 1.39. The van der Waals surface area contributed by atoms with Gasteiger partial charge in [-0.1, -0.05) is 42.5 Å². The van der Waals surface area contributed by atoms with Crippen LogP contribution in [0.2, 0.25) is 0 Å². The molecule has 3 N–H and O–H groups in total. The molecule has 2 rings (SSSR count). The Kier molecular flexibility index (Phi) is 4.85. The summed E-state index contributed by atoms with van der Waals surface area (Å²) < 4.78 is 5.06. The Bertz CT molecular complexity index is 684. The molecule has 0 radical (unpaired) electrons. The van der Waals surface area contributed by atoms with E-state index in [2.05, 4.69) is 5.32 Å². The number of nitrogens with one attached hydrogen (secondary N) is 1. The van der Waals surface area contributed by atoms with Crippen molar-refractivity contribution in [3.63, 3.8) is 0 Å². The smallest absolute Gasteiger partial charge is 0.408 e.